The van der Waals surface area contributed by atoms with Crippen molar-refractivity contribution in [2.24, 2.45) is 5.92 Å². The van der Waals surface area contributed by atoms with Crippen molar-refractivity contribution in [3.05, 3.63) is 69.7 Å². The Hall–Kier alpha value is -1.31. The molecule has 3 heteroatoms. The van der Waals surface area contributed by atoms with E-state index in [2.05, 4.69) is 31.2 Å². The quantitative estimate of drug-likeness (QED) is 0.436. The predicted octanol–water partition coefficient (Wildman–Crippen LogP) is 7.58. The average molecular weight is 403 g/mol. The molecule has 144 valence electrons. The summed E-state index contributed by atoms with van der Waals surface area (Å²) < 4.78 is 0. The van der Waals surface area contributed by atoms with E-state index in [9.17, 15) is 4.79 Å². The molecule has 3 rings (SSSR count). The first-order valence-electron chi connectivity index (χ1n) is 10.1. The van der Waals surface area contributed by atoms with E-state index in [-0.39, 0.29) is 0 Å². The first kappa shape index (κ1) is 20.4. The molecular weight excluding hydrogens is 375 g/mol. The fourth-order valence-electron chi connectivity index (χ4n) is 4.27. The summed E-state index contributed by atoms with van der Waals surface area (Å²) in [4.78, 5) is 11.3. The molecule has 0 spiro atoms. The molecule has 0 aromatic heterocycles. The molecule has 0 aliphatic heterocycles. The number of carbonyl (C=O) groups excluding carboxylic acids is 1. The Morgan fingerprint density at radius 3 is 2.22 bits per heavy atom. The molecular formula is C24H28Cl2O. The van der Waals surface area contributed by atoms with Gasteiger partial charge in [-0.25, -0.2) is 0 Å². The third-order valence-electron chi connectivity index (χ3n) is 5.92. The van der Waals surface area contributed by atoms with E-state index in [1.165, 1.54) is 61.6 Å². The zero-order chi connectivity index (χ0) is 19.2. The maximum atomic E-state index is 11.3. The number of carbonyl (C=O) groups is 1. The van der Waals surface area contributed by atoms with Crippen molar-refractivity contribution in [1.82, 2.24) is 0 Å². The Bertz CT molecular complexity index is 758. The highest BCUT2D eigenvalue weighted by molar-refractivity contribution is 6.68. The van der Waals surface area contributed by atoms with Crippen molar-refractivity contribution in [1.29, 1.82) is 0 Å². The molecule has 1 aliphatic rings. The lowest BCUT2D eigenvalue weighted by atomic mass is 9.77. The highest BCUT2D eigenvalue weighted by Gasteiger charge is 2.22. The maximum Gasteiger partial charge on any atom is 0.253 e. The lowest BCUT2D eigenvalue weighted by Crippen LogP contribution is -2.14. The molecule has 0 heterocycles. The molecule has 0 amide bonds. The van der Waals surface area contributed by atoms with Crippen molar-refractivity contribution in [2.45, 2.75) is 64.2 Å². The smallest absolute Gasteiger partial charge is 0.253 e. The third-order valence-corrected chi connectivity index (χ3v) is 6.44. The van der Waals surface area contributed by atoms with E-state index in [1.807, 2.05) is 12.1 Å². The van der Waals surface area contributed by atoms with Gasteiger partial charge in [0, 0.05) is 0 Å². The Labute approximate surface area is 173 Å². The van der Waals surface area contributed by atoms with Crippen LogP contribution in [-0.2, 0) is 12.8 Å². The van der Waals surface area contributed by atoms with Crippen LogP contribution in [0.4, 0.5) is 0 Å². The molecule has 1 saturated carbocycles. The molecule has 0 radical (unpaired) electrons. The summed E-state index contributed by atoms with van der Waals surface area (Å²) in [5, 5.41) is -0.0321. The molecule has 2 aromatic carbocycles. The lowest BCUT2D eigenvalue weighted by molar-refractivity contribution is 0.108. The third kappa shape index (κ3) is 5.59. The van der Waals surface area contributed by atoms with Crippen LogP contribution in [0.15, 0.2) is 42.5 Å². The minimum Gasteiger partial charge on any atom is -0.276 e. The molecule has 1 aliphatic carbocycles. The number of aryl methyl sites for hydroxylation is 2. The van der Waals surface area contributed by atoms with E-state index < -0.39 is 5.24 Å². The van der Waals surface area contributed by atoms with Gasteiger partial charge >= 0.3 is 0 Å². The van der Waals surface area contributed by atoms with Gasteiger partial charge in [0.25, 0.3) is 5.24 Å². The second-order valence-electron chi connectivity index (χ2n) is 7.84. The van der Waals surface area contributed by atoms with Crippen LogP contribution >= 0.6 is 23.2 Å². The summed E-state index contributed by atoms with van der Waals surface area (Å²) in [5.41, 5.74) is 4.56. The zero-order valence-electron chi connectivity index (χ0n) is 16.0. The van der Waals surface area contributed by atoms with Gasteiger partial charge in [-0.15, -0.1) is 0 Å². The molecule has 0 saturated heterocycles. The molecule has 2 aromatic rings. The summed E-state index contributed by atoms with van der Waals surface area (Å²) in [5.74, 6) is 1.51. The van der Waals surface area contributed by atoms with Gasteiger partial charge in [0.1, 0.15) is 0 Å². The van der Waals surface area contributed by atoms with Crippen LogP contribution < -0.4 is 0 Å². The van der Waals surface area contributed by atoms with Crippen LogP contribution in [0.5, 0.6) is 0 Å². The monoisotopic (exact) mass is 402 g/mol. The van der Waals surface area contributed by atoms with Crippen LogP contribution in [0.25, 0.3) is 0 Å². The topological polar surface area (TPSA) is 17.1 Å². The van der Waals surface area contributed by atoms with Gasteiger partial charge in [0.15, 0.2) is 0 Å². The van der Waals surface area contributed by atoms with Crippen molar-refractivity contribution >= 4 is 28.4 Å². The van der Waals surface area contributed by atoms with Gasteiger partial charge in [0.2, 0.25) is 0 Å². The molecule has 0 bridgehead atoms. The highest BCUT2D eigenvalue weighted by Crippen LogP contribution is 2.37. The fraction of sp³-hybridized carbons (Fsp3) is 0.458. The second kappa shape index (κ2) is 9.75. The van der Waals surface area contributed by atoms with Gasteiger partial charge in [-0.2, -0.15) is 0 Å². The van der Waals surface area contributed by atoms with Gasteiger partial charge < -0.3 is 0 Å². The van der Waals surface area contributed by atoms with Crippen molar-refractivity contribution in [3.63, 3.8) is 0 Å². The highest BCUT2D eigenvalue weighted by atomic mass is 35.5. The summed E-state index contributed by atoms with van der Waals surface area (Å²) in [7, 11) is 0. The standard InChI is InChI=1S/C24H28Cl2O/c1-2-3-17-6-11-20(12-7-17)21-13-8-18(9-14-21)4-5-19-10-15-22(24(26)27)23(25)16-19/h6-7,10-12,15-16,18,21H,2-5,8-9,13-14H2,1H3/t18-,21-. The summed E-state index contributed by atoms with van der Waals surface area (Å²) in [6, 6.07) is 14.9. The number of rotatable bonds is 7. The van der Waals surface area contributed by atoms with Crippen LogP contribution in [0.2, 0.25) is 5.02 Å². The molecule has 27 heavy (non-hydrogen) atoms. The minimum atomic E-state index is -0.493. The van der Waals surface area contributed by atoms with Crippen LogP contribution in [0.1, 0.15) is 78.4 Å². The summed E-state index contributed by atoms with van der Waals surface area (Å²) in [6.45, 7) is 2.23. The molecule has 0 atom stereocenters. The first-order valence-corrected chi connectivity index (χ1v) is 10.9. The largest absolute Gasteiger partial charge is 0.276 e. The van der Waals surface area contributed by atoms with E-state index in [0.717, 1.165) is 18.3 Å². The Balaban J connectivity index is 1.48. The first-order chi connectivity index (χ1) is 13.1. The van der Waals surface area contributed by atoms with Crippen molar-refractivity contribution in [3.8, 4) is 0 Å². The van der Waals surface area contributed by atoms with Crippen molar-refractivity contribution < 1.29 is 4.79 Å². The van der Waals surface area contributed by atoms with Crippen LogP contribution in [0.3, 0.4) is 0 Å². The fourth-order valence-corrected chi connectivity index (χ4v) is 4.78. The molecule has 0 N–H and O–H groups in total. The Kier molecular flexibility index (Phi) is 7.38. The lowest BCUT2D eigenvalue weighted by Gasteiger charge is -2.29. The number of benzene rings is 2. The van der Waals surface area contributed by atoms with E-state index >= 15 is 0 Å². The summed E-state index contributed by atoms with van der Waals surface area (Å²) >= 11 is 11.7. The second-order valence-corrected chi connectivity index (χ2v) is 8.59. The van der Waals surface area contributed by atoms with E-state index in [0.29, 0.717) is 10.6 Å². The van der Waals surface area contributed by atoms with Crippen molar-refractivity contribution in [2.75, 3.05) is 0 Å². The van der Waals surface area contributed by atoms with Gasteiger partial charge in [-0.3, -0.25) is 4.79 Å². The van der Waals surface area contributed by atoms with Crippen LogP contribution in [-0.4, -0.2) is 5.24 Å². The normalized spacial score (nSPS) is 19.8. The summed E-state index contributed by atoms with van der Waals surface area (Å²) in [6.07, 6.45) is 9.76. The maximum absolute atomic E-state index is 11.3. The zero-order valence-corrected chi connectivity index (χ0v) is 17.5. The Morgan fingerprint density at radius 1 is 0.963 bits per heavy atom. The van der Waals surface area contributed by atoms with E-state index in [1.54, 1.807) is 6.07 Å². The average Bonchev–Trinajstić information content (AvgIpc) is 2.67. The minimum absolute atomic E-state index is 0.396. The van der Waals surface area contributed by atoms with E-state index in [4.69, 9.17) is 23.2 Å². The van der Waals surface area contributed by atoms with Gasteiger partial charge in [-0.1, -0.05) is 55.3 Å². The van der Waals surface area contributed by atoms with Gasteiger partial charge in [0.05, 0.1) is 10.6 Å². The molecule has 0 unspecified atom stereocenters. The SMILES string of the molecule is CCCc1ccc([C@H]2CC[C@H](CCc3ccc(C(=O)Cl)c(Cl)c3)CC2)cc1. The number of hydrogen-bond donors (Lipinski definition) is 0. The molecule has 1 nitrogen and oxygen atoms in total. The molecule has 1 fully saturated rings. The number of halogens is 2. The van der Waals surface area contributed by atoms with Crippen LogP contribution in [0, 0.1) is 5.92 Å². The predicted molar refractivity (Wildman–Crippen MR) is 115 cm³/mol. The Morgan fingerprint density at radius 2 is 1.63 bits per heavy atom. The number of hydrogen-bond acceptors (Lipinski definition) is 1. The van der Waals surface area contributed by atoms with Gasteiger partial charge in [-0.05, 0) is 97.2 Å².